The SMILES string of the molecule is CCOC(=O)c1cc(-c2ccccc2)sc1NC(=O)COC(=O)C1CC1. The van der Waals surface area contributed by atoms with Crippen LogP contribution in [0.5, 0.6) is 0 Å². The monoisotopic (exact) mass is 373 g/mol. The zero-order valence-corrected chi connectivity index (χ0v) is 15.1. The molecule has 1 saturated carbocycles. The van der Waals surface area contributed by atoms with E-state index in [1.165, 1.54) is 11.3 Å². The van der Waals surface area contributed by atoms with Gasteiger partial charge in [-0.05, 0) is 31.4 Å². The number of thiophene rings is 1. The van der Waals surface area contributed by atoms with Crippen molar-refractivity contribution in [1.82, 2.24) is 0 Å². The summed E-state index contributed by atoms with van der Waals surface area (Å²) in [5.41, 5.74) is 1.22. The van der Waals surface area contributed by atoms with Gasteiger partial charge in [0.15, 0.2) is 6.61 Å². The summed E-state index contributed by atoms with van der Waals surface area (Å²) in [7, 11) is 0. The van der Waals surface area contributed by atoms with Crippen molar-refractivity contribution in [2.45, 2.75) is 19.8 Å². The molecule has 0 bridgehead atoms. The molecule has 2 aromatic rings. The highest BCUT2D eigenvalue weighted by molar-refractivity contribution is 7.20. The molecule has 0 radical (unpaired) electrons. The zero-order valence-electron chi connectivity index (χ0n) is 14.3. The Balaban J connectivity index is 1.75. The van der Waals surface area contributed by atoms with E-state index in [1.54, 1.807) is 13.0 Å². The molecule has 1 amide bonds. The molecular weight excluding hydrogens is 354 g/mol. The Labute approximate surface area is 155 Å². The highest BCUT2D eigenvalue weighted by Gasteiger charge is 2.31. The van der Waals surface area contributed by atoms with Crippen molar-refractivity contribution in [2.24, 2.45) is 5.92 Å². The first-order chi connectivity index (χ1) is 12.6. The minimum atomic E-state index is -0.504. The second-order valence-corrected chi connectivity index (χ2v) is 6.92. The minimum Gasteiger partial charge on any atom is -0.462 e. The van der Waals surface area contributed by atoms with Crippen LogP contribution < -0.4 is 5.32 Å². The van der Waals surface area contributed by atoms with Gasteiger partial charge in [-0.2, -0.15) is 0 Å². The summed E-state index contributed by atoms with van der Waals surface area (Å²) in [5, 5.41) is 3.04. The van der Waals surface area contributed by atoms with E-state index in [2.05, 4.69) is 5.32 Å². The van der Waals surface area contributed by atoms with Crippen LogP contribution in [0.15, 0.2) is 36.4 Å². The summed E-state index contributed by atoms with van der Waals surface area (Å²) in [6.07, 6.45) is 1.64. The zero-order chi connectivity index (χ0) is 18.5. The van der Waals surface area contributed by atoms with Gasteiger partial charge in [0.25, 0.3) is 5.91 Å². The Hall–Kier alpha value is -2.67. The topological polar surface area (TPSA) is 81.7 Å². The van der Waals surface area contributed by atoms with Crippen molar-refractivity contribution in [1.29, 1.82) is 0 Å². The number of anilines is 1. The number of esters is 2. The summed E-state index contributed by atoms with van der Waals surface area (Å²) in [5.74, 6) is -1.39. The number of nitrogens with one attached hydrogen (secondary N) is 1. The molecule has 1 aliphatic carbocycles. The van der Waals surface area contributed by atoms with Crippen LogP contribution in [-0.2, 0) is 19.1 Å². The van der Waals surface area contributed by atoms with E-state index < -0.39 is 11.9 Å². The fraction of sp³-hybridized carbons (Fsp3) is 0.316. The maximum atomic E-state index is 12.2. The Kier molecular flexibility index (Phi) is 5.68. The molecule has 1 heterocycles. The molecule has 136 valence electrons. The quantitative estimate of drug-likeness (QED) is 0.752. The third-order valence-electron chi connectivity index (χ3n) is 3.79. The van der Waals surface area contributed by atoms with E-state index in [4.69, 9.17) is 9.47 Å². The molecule has 1 aliphatic rings. The third-order valence-corrected chi connectivity index (χ3v) is 4.89. The van der Waals surface area contributed by atoms with Gasteiger partial charge in [-0.1, -0.05) is 30.3 Å². The number of amides is 1. The lowest BCUT2D eigenvalue weighted by atomic mass is 10.1. The van der Waals surface area contributed by atoms with E-state index in [0.29, 0.717) is 5.00 Å². The summed E-state index contributed by atoms with van der Waals surface area (Å²) >= 11 is 1.27. The van der Waals surface area contributed by atoms with Crippen molar-refractivity contribution in [3.63, 3.8) is 0 Å². The van der Waals surface area contributed by atoms with Gasteiger partial charge >= 0.3 is 11.9 Å². The van der Waals surface area contributed by atoms with Crippen LogP contribution in [0.1, 0.15) is 30.1 Å². The molecule has 0 aliphatic heterocycles. The van der Waals surface area contributed by atoms with Crippen molar-refractivity contribution in [2.75, 3.05) is 18.5 Å². The molecule has 1 aromatic heterocycles. The molecule has 0 unspecified atom stereocenters. The minimum absolute atomic E-state index is 0.0655. The van der Waals surface area contributed by atoms with Crippen LogP contribution in [0.2, 0.25) is 0 Å². The van der Waals surface area contributed by atoms with E-state index in [-0.39, 0.29) is 30.7 Å². The normalized spacial score (nSPS) is 13.1. The van der Waals surface area contributed by atoms with E-state index >= 15 is 0 Å². The van der Waals surface area contributed by atoms with Crippen molar-refractivity contribution in [3.05, 3.63) is 42.0 Å². The number of hydrogen-bond donors (Lipinski definition) is 1. The predicted octanol–water partition coefficient (Wildman–Crippen LogP) is 3.48. The predicted molar refractivity (Wildman–Crippen MR) is 98.0 cm³/mol. The molecule has 0 spiro atoms. The molecule has 0 saturated heterocycles. The van der Waals surface area contributed by atoms with Gasteiger partial charge in [-0.15, -0.1) is 11.3 Å². The van der Waals surface area contributed by atoms with Gasteiger partial charge in [-0.25, -0.2) is 4.79 Å². The standard InChI is InChI=1S/C19H19NO5S/c1-2-24-19(23)14-10-15(12-6-4-3-5-7-12)26-17(14)20-16(21)11-25-18(22)13-8-9-13/h3-7,10,13H,2,8-9,11H2,1H3,(H,20,21). The molecular formula is C19H19NO5S. The maximum Gasteiger partial charge on any atom is 0.341 e. The van der Waals surface area contributed by atoms with Crippen LogP contribution in [0.4, 0.5) is 5.00 Å². The maximum absolute atomic E-state index is 12.2. The van der Waals surface area contributed by atoms with Crippen LogP contribution in [0, 0.1) is 5.92 Å². The smallest absolute Gasteiger partial charge is 0.341 e. The number of hydrogen-bond acceptors (Lipinski definition) is 6. The van der Waals surface area contributed by atoms with Gasteiger partial charge in [0.1, 0.15) is 5.00 Å². The Morgan fingerprint density at radius 1 is 1.15 bits per heavy atom. The van der Waals surface area contributed by atoms with Crippen molar-refractivity contribution < 1.29 is 23.9 Å². The van der Waals surface area contributed by atoms with Crippen LogP contribution in [0.25, 0.3) is 10.4 Å². The fourth-order valence-corrected chi connectivity index (χ4v) is 3.39. The highest BCUT2D eigenvalue weighted by Crippen LogP contribution is 2.36. The lowest BCUT2D eigenvalue weighted by Crippen LogP contribution is -2.22. The summed E-state index contributed by atoms with van der Waals surface area (Å²) in [4.78, 5) is 36.7. The van der Waals surface area contributed by atoms with Gasteiger partial charge in [0.2, 0.25) is 0 Å². The summed E-state index contributed by atoms with van der Waals surface area (Å²) < 4.78 is 10.0. The first-order valence-corrected chi connectivity index (χ1v) is 9.23. The number of benzene rings is 1. The number of rotatable bonds is 7. The van der Waals surface area contributed by atoms with Gasteiger partial charge in [0.05, 0.1) is 18.1 Å². The second kappa shape index (κ2) is 8.14. The molecule has 6 nitrogen and oxygen atoms in total. The van der Waals surface area contributed by atoms with Gasteiger partial charge in [0, 0.05) is 4.88 Å². The molecule has 1 fully saturated rings. The first-order valence-electron chi connectivity index (χ1n) is 8.41. The van der Waals surface area contributed by atoms with E-state index in [1.807, 2.05) is 30.3 Å². The molecule has 1 aromatic carbocycles. The Morgan fingerprint density at radius 2 is 1.88 bits per heavy atom. The number of carbonyl (C=O) groups is 3. The molecule has 3 rings (SSSR count). The number of ether oxygens (including phenoxy) is 2. The van der Waals surface area contributed by atoms with Gasteiger partial charge in [-0.3, -0.25) is 9.59 Å². The summed E-state index contributed by atoms with van der Waals surface area (Å²) in [6.45, 7) is 1.59. The van der Waals surface area contributed by atoms with Crippen LogP contribution in [0.3, 0.4) is 0 Å². The average molecular weight is 373 g/mol. The molecule has 0 atom stereocenters. The largest absolute Gasteiger partial charge is 0.462 e. The molecule has 1 N–H and O–H groups in total. The average Bonchev–Trinajstić information content (AvgIpc) is 3.41. The van der Waals surface area contributed by atoms with E-state index in [9.17, 15) is 14.4 Å². The first kappa shape index (κ1) is 18.1. The van der Waals surface area contributed by atoms with E-state index in [0.717, 1.165) is 23.3 Å². The molecule has 26 heavy (non-hydrogen) atoms. The van der Waals surface area contributed by atoms with Crippen LogP contribution in [-0.4, -0.2) is 31.1 Å². The number of carbonyl (C=O) groups excluding carboxylic acids is 3. The molecule has 7 heteroatoms. The Bertz CT molecular complexity index is 811. The van der Waals surface area contributed by atoms with Crippen LogP contribution >= 0.6 is 11.3 Å². The van der Waals surface area contributed by atoms with Crippen molar-refractivity contribution >= 4 is 34.2 Å². The Morgan fingerprint density at radius 3 is 2.54 bits per heavy atom. The third kappa shape index (κ3) is 4.49. The van der Waals surface area contributed by atoms with Crippen molar-refractivity contribution in [3.8, 4) is 10.4 Å². The fourth-order valence-electron chi connectivity index (χ4n) is 2.33. The second-order valence-electron chi connectivity index (χ2n) is 5.87. The highest BCUT2D eigenvalue weighted by atomic mass is 32.1. The lowest BCUT2D eigenvalue weighted by Gasteiger charge is -2.06. The van der Waals surface area contributed by atoms with Gasteiger partial charge < -0.3 is 14.8 Å². The lowest BCUT2D eigenvalue weighted by molar-refractivity contribution is -0.148. The summed E-state index contributed by atoms with van der Waals surface area (Å²) in [6, 6.07) is 11.2.